The molecule has 2 N–H and O–H groups in total. The molecule has 0 fully saturated rings. The molecule has 0 spiro atoms. The highest BCUT2D eigenvalue weighted by Gasteiger charge is 2.10. The molecule has 0 saturated carbocycles. The molecule has 1 aromatic carbocycles. The van der Waals surface area contributed by atoms with E-state index in [0.717, 1.165) is 6.07 Å². The maximum atomic E-state index is 13.3. The van der Waals surface area contributed by atoms with Gasteiger partial charge in [-0.15, -0.1) is 12.4 Å². The lowest BCUT2D eigenvalue weighted by molar-refractivity contribution is 0.251. The number of likely N-dealkylation sites (N-methyl/N-ethyl adjacent to an activating group) is 1. The molecular formula is C11H17ClF2N2. The summed E-state index contributed by atoms with van der Waals surface area (Å²) in [6.45, 7) is 2.91. The Labute approximate surface area is 101 Å². The lowest BCUT2D eigenvalue weighted by atomic mass is 10.1. The first kappa shape index (κ1) is 15.3. The van der Waals surface area contributed by atoms with Crippen LogP contribution in [0.25, 0.3) is 0 Å². The molecule has 16 heavy (non-hydrogen) atoms. The predicted octanol–water partition coefficient (Wildman–Crippen LogP) is 2.17. The van der Waals surface area contributed by atoms with Crippen molar-refractivity contribution in [1.82, 2.24) is 4.90 Å². The van der Waals surface area contributed by atoms with Crippen molar-refractivity contribution in [2.45, 2.75) is 19.5 Å². The third-order valence-corrected chi connectivity index (χ3v) is 2.53. The zero-order valence-electron chi connectivity index (χ0n) is 9.41. The summed E-state index contributed by atoms with van der Waals surface area (Å²) in [4.78, 5) is 1.93. The molecule has 0 aliphatic heterocycles. The van der Waals surface area contributed by atoms with E-state index in [1.165, 1.54) is 12.1 Å². The Bertz CT molecular complexity index is 334. The van der Waals surface area contributed by atoms with E-state index < -0.39 is 11.6 Å². The molecule has 0 amide bonds. The van der Waals surface area contributed by atoms with Crippen molar-refractivity contribution < 1.29 is 8.78 Å². The van der Waals surface area contributed by atoms with Crippen molar-refractivity contribution in [1.29, 1.82) is 0 Å². The summed E-state index contributed by atoms with van der Waals surface area (Å²) >= 11 is 0. The van der Waals surface area contributed by atoms with Crippen molar-refractivity contribution in [2.24, 2.45) is 5.73 Å². The Morgan fingerprint density at radius 1 is 1.38 bits per heavy atom. The van der Waals surface area contributed by atoms with Crippen LogP contribution in [0.2, 0.25) is 0 Å². The number of halogens is 3. The van der Waals surface area contributed by atoms with E-state index in [1.807, 2.05) is 18.9 Å². The van der Waals surface area contributed by atoms with Gasteiger partial charge >= 0.3 is 0 Å². The summed E-state index contributed by atoms with van der Waals surface area (Å²) < 4.78 is 25.9. The van der Waals surface area contributed by atoms with Crippen LogP contribution in [-0.2, 0) is 6.54 Å². The largest absolute Gasteiger partial charge is 0.329 e. The Balaban J connectivity index is 0.00000225. The van der Waals surface area contributed by atoms with E-state index in [0.29, 0.717) is 18.7 Å². The highest BCUT2D eigenvalue weighted by Crippen LogP contribution is 2.12. The fourth-order valence-corrected chi connectivity index (χ4v) is 1.25. The van der Waals surface area contributed by atoms with E-state index in [4.69, 9.17) is 5.73 Å². The number of hydrogen-bond acceptors (Lipinski definition) is 2. The molecule has 5 heteroatoms. The summed E-state index contributed by atoms with van der Waals surface area (Å²) in [5, 5.41) is 0. The molecule has 1 rings (SSSR count). The van der Waals surface area contributed by atoms with E-state index >= 15 is 0 Å². The summed E-state index contributed by atoms with van der Waals surface area (Å²) in [6.07, 6.45) is 0. The van der Waals surface area contributed by atoms with Gasteiger partial charge in [0.25, 0.3) is 0 Å². The summed E-state index contributed by atoms with van der Waals surface area (Å²) in [7, 11) is 1.86. The first-order chi connectivity index (χ1) is 7.04. The van der Waals surface area contributed by atoms with E-state index in [1.54, 1.807) is 0 Å². The van der Waals surface area contributed by atoms with Gasteiger partial charge in [-0.05, 0) is 20.0 Å². The van der Waals surface area contributed by atoms with Crippen LogP contribution < -0.4 is 5.73 Å². The van der Waals surface area contributed by atoms with Gasteiger partial charge < -0.3 is 5.73 Å². The molecule has 2 nitrogen and oxygen atoms in total. The second-order valence-electron chi connectivity index (χ2n) is 3.74. The van der Waals surface area contributed by atoms with Gasteiger partial charge in [0.1, 0.15) is 11.6 Å². The molecule has 0 bridgehead atoms. The second-order valence-corrected chi connectivity index (χ2v) is 3.74. The summed E-state index contributed by atoms with van der Waals surface area (Å²) in [5.74, 6) is -1.06. The Morgan fingerprint density at radius 2 is 2.00 bits per heavy atom. The van der Waals surface area contributed by atoms with Gasteiger partial charge in [0, 0.05) is 30.8 Å². The topological polar surface area (TPSA) is 29.3 Å². The van der Waals surface area contributed by atoms with Crippen LogP contribution in [0.15, 0.2) is 18.2 Å². The van der Waals surface area contributed by atoms with Gasteiger partial charge in [0.05, 0.1) is 0 Å². The zero-order valence-corrected chi connectivity index (χ0v) is 10.2. The van der Waals surface area contributed by atoms with E-state index in [9.17, 15) is 8.78 Å². The van der Waals surface area contributed by atoms with Crippen LogP contribution in [0.5, 0.6) is 0 Å². The number of rotatable bonds is 4. The minimum atomic E-state index is -0.550. The van der Waals surface area contributed by atoms with Crippen LogP contribution in [0, 0.1) is 11.6 Å². The fourth-order valence-electron chi connectivity index (χ4n) is 1.25. The number of hydrogen-bond donors (Lipinski definition) is 1. The number of nitrogens with two attached hydrogens (primary N) is 1. The minimum Gasteiger partial charge on any atom is -0.329 e. The molecule has 0 saturated heterocycles. The highest BCUT2D eigenvalue weighted by atomic mass is 35.5. The lowest BCUT2D eigenvalue weighted by Crippen LogP contribution is -2.34. The Morgan fingerprint density at radius 3 is 2.50 bits per heavy atom. The molecule has 0 aliphatic carbocycles. The van der Waals surface area contributed by atoms with Crippen molar-refractivity contribution in [2.75, 3.05) is 13.6 Å². The zero-order chi connectivity index (χ0) is 11.4. The molecular weight excluding hydrogens is 234 g/mol. The Kier molecular flexibility index (Phi) is 6.48. The van der Waals surface area contributed by atoms with Gasteiger partial charge in [-0.1, -0.05) is 6.07 Å². The van der Waals surface area contributed by atoms with Crippen LogP contribution in [-0.4, -0.2) is 24.5 Å². The molecule has 0 heterocycles. The predicted molar refractivity (Wildman–Crippen MR) is 63.6 cm³/mol. The monoisotopic (exact) mass is 250 g/mol. The molecule has 1 aromatic rings. The smallest absolute Gasteiger partial charge is 0.130 e. The molecule has 1 unspecified atom stereocenters. The summed E-state index contributed by atoms with van der Waals surface area (Å²) in [6, 6.07) is 3.80. The SMILES string of the molecule is CC(CN)N(C)Cc1ccc(F)cc1F.Cl. The third kappa shape index (κ3) is 4.04. The van der Waals surface area contributed by atoms with Crippen LogP contribution >= 0.6 is 12.4 Å². The standard InChI is InChI=1S/C11H16F2N2.ClH/c1-8(6-14)15(2)7-9-3-4-10(12)5-11(9)13;/h3-5,8H,6-7,14H2,1-2H3;1H. The van der Waals surface area contributed by atoms with Gasteiger partial charge in [-0.3, -0.25) is 4.90 Å². The maximum Gasteiger partial charge on any atom is 0.130 e. The van der Waals surface area contributed by atoms with E-state index in [2.05, 4.69) is 0 Å². The first-order valence-electron chi connectivity index (χ1n) is 4.89. The minimum absolute atomic E-state index is 0. The van der Waals surface area contributed by atoms with Crippen molar-refractivity contribution >= 4 is 12.4 Å². The molecule has 1 atom stereocenters. The number of benzene rings is 1. The molecule has 0 radical (unpaired) electrons. The molecule has 0 aromatic heterocycles. The quantitative estimate of drug-likeness (QED) is 0.888. The van der Waals surface area contributed by atoms with Crippen LogP contribution in [0.3, 0.4) is 0 Å². The van der Waals surface area contributed by atoms with Crippen molar-refractivity contribution in [3.63, 3.8) is 0 Å². The average molecular weight is 251 g/mol. The van der Waals surface area contributed by atoms with Gasteiger partial charge in [-0.2, -0.15) is 0 Å². The normalized spacial score (nSPS) is 12.4. The van der Waals surface area contributed by atoms with Crippen LogP contribution in [0.1, 0.15) is 12.5 Å². The van der Waals surface area contributed by atoms with Crippen molar-refractivity contribution in [3.8, 4) is 0 Å². The third-order valence-electron chi connectivity index (χ3n) is 2.53. The second kappa shape index (κ2) is 6.78. The van der Waals surface area contributed by atoms with Gasteiger partial charge in [-0.25, -0.2) is 8.78 Å². The Hall–Kier alpha value is -0.710. The van der Waals surface area contributed by atoms with Gasteiger partial charge in [0.2, 0.25) is 0 Å². The molecule has 0 aliphatic rings. The highest BCUT2D eigenvalue weighted by molar-refractivity contribution is 5.85. The summed E-state index contributed by atoms with van der Waals surface area (Å²) in [5.41, 5.74) is 5.98. The van der Waals surface area contributed by atoms with Crippen molar-refractivity contribution in [3.05, 3.63) is 35.4 Å². The van der Waals surface area contributed by atoms with Gasteiger partial charge in [0.15, 0.2) is 0 Å². The molecule has 92 valence electrons. The lowest BCUT2D eigenvalue weighted by Gasteiger charge is -2.23. The van der Waals surface area contributed by atoms with Crippen LogP contribution in [0.4, 0.5) is 8.78 Å². The number of nitrogens with zero attached hydrogens (tertiary/aromatic N) is 1. The fraction of sp³-hybridized carbons (Fsp3) is 0.455. The maximum absolute atomic E-state index is 13.3. The average Bonchev–Trinajstić information content (AvgIpc) is 2.20. The van der Waals surface area contributed by atoms with E-state index in [-0.39, 0.29) is 18.4 Å². The first-order valence-corrected chi connectivity index (χ1v) is 4.89.